The van der Waals surface area contributed by atoms with Crippen molar-refractivity contribution >= 4 is 17.7 Å². The largest absolute Gasteiger partial charge is 0.474 e. The first kappa shape index (κ1) is 8.25. The highest BCUT2D eigenvalue weighted by atomic mass is 16.5. The maximum absolute atomic E-state index is 10.5. The summed E-state index contributed by atoms with van der Waals surface area (Å²) >= 11 is 0. The van der Waals surface area contributed by atoms with Crippen LogP contribution in [-0.2, 0) is 9.59 Å². The Bertz CT molecular complexity index is 317. The molecule has 0 spiro atoms. The van der Waals surface area contributed by atoms with E-state index >= 15 is 0 Å². The number of hydrogen-bond acceptors (Lipinski definition) is 4. The zero-order valence-electron chi connectivity index (χ0n) is 6.20. The Balaban J connectivity index is 2.64. The molecule has 0 radical (unpaired) electrons. The van der Waals surface area contributed by atoms with Gasteiger partial charge in [0.25, 0.3) is 0 Å². The van der Waals surface area contributed by atoms with Crippen LogP contribution < -0.4 is 5.32 Å². The summed E-state index contributed by atoms with van der Waals surface area (Å²) in [6.07, 6.45) is 0. The summed E-state index contributed by atoms with van der Waals surface area (Å²) < 4.78 is 4.59. The van der Waals surface area contributed by atoms with Gasteiger partial charge in [0, 0.05) is 6.07 Å². The van der Waals surface area contributed by atoms with Crippen LogP contribution in [0.25, 0.3) is 0 Å². The van der Waals surface area contributed by atoms with E-state index in [2.05, 4.69) is 9.68 Å². The Morgan fingerprint density at radius 1 is 1.67 bits per heavy atom. The van der Waals surface area contributed by atoms with Crippen LogP contribution in [0.15, 0.2) is 10.6 Å². The lowest BCUT2D eigenvalue weighted by atomic mass is 10.5. The molecule has 0 unspecified atom stereocenters. The van der Waals surface area contributed by atoms with E-state index in [1.165, 1.54) is 6.07 Å². The van der Waals surface area contributed by atoms with E-state index in [-0.39, 0.29) is 5.82 Å². The molecule has 1 rings (SSSR count). The van der Waals surface area contributed by atoms with Crippen LogP contribution in [0.4, 0.5) is 5.82 Å². The number of amides is 1. The fraction of sp³-hybridized carbons (Fsp3) is 0.167. The summed E-state index contributed by atoms with van der Waals surface area (Å²) in [5.74, 6) is -2.10. The van der Waals surface area contributed by atoms with Crippen LogP contribution >= 0.6 is 0 Å². The molecule has 12 heavy (non-hydrogen) atoms. The Morgan fingerprint density at radius 2 is 2.33 bits per heavy atom. The lowest BCUT2D eigenvalue weighted by Gasteiger charge is -1.92. The van der Waals surface area contributed by atoms with Gasteiger partial charge in [0.2, 0.25) is 0 Å². The molecule has 1 aromatic rings. The zero-order valence-corrected chi connectivity index (χ0v) is 6.20. The molecule has 0 fully saturated rings. The molecule has 0 aliphatic rings. The summed E-state index contributed by atoms with van der Waals surface area (Å²) in [5.41, 5.74) is 0. The van der Waals surface area contributed by atoms with Gasteiger partial charge >= 0.3 is 11.9 Å². The molecule has 0 atom stereocenters. The van der Waals surface area contributed by atoms with Crippen molar-refractivity contribution in [2.75, 3.05) is 5.32 Å². The summed E-state index contributed by atoms with van der Waals surface area (Å²) in [7, 11) is 0. The first-order chi connectivity index (χ1) is 5.59. The summed E-state index contributed by atoms with van der Waals surface area (Å²) in [6, 6.07) is 1.42. The van der Waals surface area contributed by atoms with Crippen LogP contribution in [0, 0.1) is 6.92 Å². The van der Waals surface area contributed by atoms with Gasteiger partial charge in [-0.15, -0.1) is 0 Å². The van der Waals surface area contributed by atoms with Gasteiger partial charge in [-0.25, -0.2) is 4.79 Å². The highest BCUT2D eigenvalue weighted by molar-refractivity contribution is 6.36. The highest BCUT2D eigenvalue weighted by Gasteiger charge is 2.12. The van der Waals surface area contributed by atoms with Crippen molar-refractivity contribution in [3.63, 3.8) is 0 Å². The lowest BCUT2D eigenvalue weighted by molar-refractivity contribution is -0.147. The average molecular weight is 170 g/mol. The molecule has 6 heteroatoms. The number of hydrogen-bond donors (Lipinski definition) is 2. The van der Waals surface area contributed by atoms with E-state index in [1.807, 2.05) is 5.32 Å². The molecular weight excluding hydrogens is 164 g/mol. The molecule has 64 valence electrons. The van der Waals surface area contributed by atoms with E-state index < -0.39 is 11.9 Å². The van der Waals surface area contributed by atoms with Crippen molar-refractivity contribution in [1.82, 2.24) is 5.16 Å². The maximum Gasteiger partial charge on any atom is 0.394 e. The van der Waals surface area contributed by atoms with Gasteiger partial charge in [0.05, 0.1) is 0 Å². The Morgan fingerprint density at radius 3 is 2.75 bits per heavy atom. The minimum atomic E-state index is -1.56. The minimum Gasteiger partial charge on any atom is -0.474 e. The second-order valence-corrected chi connectivity index (χ2v) is 2.08. The van der Waals surface area contributed by atoms with E-state index in [9.17, 15) is 9.59 Å². The third-order valence-corrected chi connectivity index (χ3v) is 1.06. The predicted octanol–water partition coefficient (Wildman–Crippen LogP) is 0.00612. The molecule has 0 saturated heterocycles. The topological polar surface area (TPSA) is 92.4 Å². The first-order valence-corrected chi connectivity index (χ1v) is 3.07. The summed E-state index contributed by atoms with van der Waals surface area (Å²) in [6.45, 7) is 1.63. The van der Waals surface area contributed by atoms with Crippen LogP contribution in [-0.4, -0.2) is 22.1 Å². The summed E-state index contributed by atoms with van der Waals surface area (Å²) in [4.78, 5) is 20.6. The van der Waals surface area contributed by atoms with E-state index in [1.54, 1.807) is 6.92 Å². The van der Waals surface area contributed by atoms with Gasteiger partial charge in [-0.05, 0) is 6.92 Å². The second kappa shape index (κ2) is 3.04. The maximum atomic E-state index is 10.5. The van der Waals surface area contributed by atoms with Gasteiger partial charge in [0.15, 0.2) is 5.82 Å². The number of rotatable bonds is 1. The molecule has 1 heterocycles. The van der Waals surface area contributed by atoms with Crippen molar-refractivity contribution in [3.05, 3.63) is 11.8 Å². The predicted molar refractivity (Wildman–Crippen MR) is 37.5 cm³/mol. The number of carbonyl (C=O) groups is 2. The van der Waals surface area contributed by atoms with Crippen molar-refractivity contribution in [2.45, 2.75) is 6.92 Å². The fourth-order valence-corrected chi connectivity index (χ4v) is 0.595. The SMILES string of the molecule is Cc1cc(NC(=O)C(=O)O)no1. The van der Waals surface area contributed by atoms with Crippen LogP contribution in [0.3, 0.4) is 0 Å². The Kier molecular flexibility index (Phi) is 2.09. The Labute approximate surface area is 67.2 Å². The minimum absolute atomic E-state index is 0.0971. The van der Waals surface area contributed by atoms with Gasteiger partial charge in [0.1, 0.15) is 5.76 Å². The van der Waals surface area contributed by atoms with E-state index in [0.717, 1.165) is 0 Å². The molecule has 0 saturated carbocycles. The number of anilines is 1. The van der Waals surface area contributed by atoms with Gasteiger partial charge in [-0.2, -0.15) is 0 Å². The Hall–Kier alpha value is -1.85. The number of nitrogens with zero attached hydrogens (tertiary/aromatic N) is 1. The molecule has 2 N–H and O–H groups in total. The number of aromatic nitrogens is 1. The number of carboxylic acid groups (broad SMARTS) is 1. The van der Waals surface area contributed by atoms with Crippen molar-refractivity contribution in [3.8, 4) is 0 Å². The van der Waals surface area contributed by atoms with E-state index in [0.29, 0.717) is 5.76 Å². The van der Waals surface area contributed by atoms with Gasteiger partial charge < -0.3 is 9.63 Å². The van der Waals surface area contributed by atoms with Crippen molar-refractivity contribution in [2.24, 2.45) is 0 Å². The lowest BCUT2D eigenvalue weighted by Crippen LogP contribution is -2.21. The number of aliphatic carboxylic acids is 1. The van der Waals surface area contributed by atoms with Gasteiger partial charge in [-0.3, -0.25) is 10.1 Å². The first-order valence-electron chi connectivity index (χ1n) is 3.07. The molecule has 0 aromatic carbocycles. The number of carbonyl (C=O) groups excluding carboxylic acids is 1. The number of nitrogens with one attached hydrogen (secondary N) is 1. The smallest absolute Gasteiger partial charge is 0.394 e. The average Bonchev–Trinajstić information content (AvgIpc) is 2.35. The highest BCUT2D eigenvalue weighted by Crippen LogP contribution is 2.06. The number of carboxylic acids is 1. The standard InChI is InChI=1S/C6H6N2O4/c1-3-2-4(8-12-3)7-5(9)6(10)11/h2H,1H3,(H,10,11)(H,7,8,9). The number of aryl methyl sites for hydroxylation is 1. The zero-order chi connectivity index (χ0) is 9.14. The van der Waals surface area contributed by atoms with Crippen LogP contribution in [0.1, 0.15) is 5.76 Å². The monoisotopic (exact) mass is 170 g/mol. The molecule has 0 aliphatic heterocycles. The van der Waals surface area contributed by atoms with Gasteiger partial charge in [-0.1, -0.05) is 5.16 Å². The quantitative estimate of drug-likeness (QED) is 0.579. The van der Waals surface area contributed by atoms with Crippen molar-refractivity contribution in [1.29, 1.82) is 0 Å². The molecule has 1 aromatic heterocycles. The molecule has 0 bridgehead atoms. The molecule has 0 aliphatic carbocycles. The van der Waals surface area contributed by atoms with Crippen molar-refractivity contribution < 1.29 is 19.2 Å². The molecule has 1 amide bonds. The van der Waals surface area contributed by atoms with E-state index in [4.69, 9.17) is 5.11 Å². The summed E-state index contributed by atoms with van der Waals surface area (Å²) in [5, 5.41) is 13.6. The second-order valence-electron chi connectivity index (χ2n) is 2.08. The van der Waals surface area contributed by atoms with Crippen LogP contribution in [0.2, 0.25) is 0 Å². The fourth-order valence-electron chi connectivity index (χ4n) is 0.595. The molecule has 6 nitrogen and oxygen atoms in total. The molecular formula is C6H6N2O4. The third-order valence-electron chi connectivity index (χ3n) is 1.06. The van der Waals surface area contributed by atoms with Crippen LogP contribution in [0.5, 0.6) is 0 Å². The third kappa shape index (κ3) is 1.82. The normalized spacial score (nSPS) is 9.42.